The minimum atomic E-state index is -1.83. The second kappa shape index (κ2) is 6.77. The third kappa shape index (κ3) is 2.74. The summed E-state index contributed by atoms with van der Waals surface area (Å²) in [6, 6.07) is 17.2. The number of benzene rings is 3. The Morgan fingerprint density at radius 1 is 1.00 bits per heavy atom. The van der Waals surface area contributed by atoms with E-state index in [0.717, 1.165) is 4.90 Å². The molecule has 0 saturated carbocycles. The average Bonchev–Trinajstić information content (AvgIpc) is 2.90. The number of aliphatic hydroxyl groups is 1. The number of halogens is 2. The number of rotatable bonds is 3. The zero-order valence-corrected chi connectivity index (χ0v) is 15.7. The van der Waals surface area contributed by atoms with Gasteiger partial charge in [-0.2, -0.15) is 0 Å². The van der Waals surface area contributed by atoms with Crippen molar-refractivity contribution >= 4 is 40.5 Å². The van der Waals surface area contributed by atoms with E-state index in [1.165, 1.54) is 24.3 Å². The molecule has 0 fully saturated rings. The van der Waals surface area contributed by atoms with Crippen LogP contribution < -0.4 is 10.1 Å². The summed E-state index contributed by atoms with van der Waals surface area (Å²) < 4.78 is 0. The number of carbonyl (C=O) groups excluding carboxylic acids is 1. The van der Waals surface area contributed by atoms with Crippen molar-refractivity contribution in [2.24, 2.45) is 0 Å². The SMILES string of the molecule is O=C1c2cc(Cl)ccc2C(O)(c2ccccc2)N1c1ccc(N([O-])O)cc1Cl. The molecule has 4 rings (SSSR count). The highest BCUT2D eigenvalue weighted by Gasteiger charge is 2.51. The second-order valence-electron chi connectivity index (χ2n) is 6.28. The lowest BCUT2D eigenvalue weighted by Gasteiger charge is -2.35. The van der Waals surface area contributed by atoms with Crippen LogP contribution in [0.4, 0.5) is 11.4 Å². The van der Waals surface area contributed by atoms with Gasteiger partial charge in [0, 0.05) is 21.7 Å². The van der Waals surface area contributed by atoms with Crippen LogP contribution in [0.3, 0.4) is 0 Å². The van der Waals surface area contributed by atoms with E-state index >= 15 is 0 Å². The van der Waals surface area contributed by atoms with Crippen molar-refractivity contribution in [3.63, 3.8) is 0 Å². The van der Waals surface area contributed by atoms with Gasteiger partial charge < -0.3 is 15.5 Å². The Hall–Kier alpha value is -2.61. The van der Waals surface area contributed by atoms with Crippen molar-refractivity contribution in [1.29, 1.82) is 0 Å². The number of anilines is 2. The number of hydrogen-bond acceptors (Lipinski definition) is 5. The summed E-state index contributed by atoms with van der Waals surface area (Å²) in [5, 5.41) is 32.0. The fourth-order valence-corrected chi connectivity index (χ4v) is 3.85. The first kappa shape index (κ1) is 18.7. The van der Waals surface area contributed by atoms with E-state index < -0.39 is 11.6 Å². The van der Waals surface area contributed by atoms with Crippen molar-refractivity contribution in [2.75, 3.05) is 10.1 Å². The van der Waals surface area contributed by atoms with Crippen LogP contribution in [0.25, 0.3) is 0 Å². The predicted molar refractivity (Wildman–Crippen MR) is 107 cm³/mol. The third-order valence-corrected chi connectivity index (χ3v) is 5.22. The van der Waals surface area contributed by atoms with Crippen LogP contribution >= 0.6 is 23.2 Å². The van der Waals surface area contributed by atoms with Gasteiger partial charge in [0.1, 0.15) is 0 Å². The van der Waals surface area contributed by atoms with Crippen molar-refractivity contribution < 1.29 is 15.1 Å². The van der Waals surface area contributed by atoms with Crippen LogP contribution in [0.5, 0.6) is 0 Å². The summed E-state index contributed by atoms with van der Waals surface area (Å²) in [6.45, 7) is 0. The minimum absolute atomic E-state index is 0.00834. The second-order valence-corrected chi connectivity index (χ2v) is 7.12. The molecule has 28 heavy (non-hydrogen) atoms. The van der Waals surface area contributed by atoms with Crippen LogP contribution in [0, 0.1) is 5.21 Å². The Kier molecular flexibility index (Phi) is 4.53. The molecule has 0 saturated heterocycles. The van der Waals surface area contributed by atoms with Crippen LogP contribution in [-0.2, 0) is 5.72 Å². The van der Waals surface area contributed by atoms with Gasteiger partial charge in [-0.3, -0.25) is 14.9 Å². The first-order chi connectivity index (χ1) is 13.3. The van der Waals surface area contributed by atoms with Crippen molar-refractivity contribution in [3.8, 4) is 0 Å². The van der Waals surface area contributed by atoms with Gasteiger partial charge in [0.2, 0.25) is 0 Å². The van der Waals surface area contributed by atoms with Crippen LogP contribution in [0.2, 0.25) is 10.0 Å². The van der Waals surface area contributed by atoms with Crippen molar-refractivity contribution in [3.05, 3.63) is 98.7 Å². The molecule has 0 spiro atoms. The standard InChI is InChI=1S/C20H13Cl2N2O4/c21-13-6-8-16-15(10-13)19(25)23(20(16,26)12-4-2-1-3-5-12)18-9-7-14(24(27)28)11-17(18)22/h1-11,26-27H/q-1. The molecular weight excluding hydrogens is 403 g/mol. The molecule has 0 radical (unpaired) electrons. The molecule has 1 amide bonds. The van der Waals surface area contributed by atoms with Crippen LogP contribution in [-0.4, -0.2) is 16.2 Å². The molecule has 1 aliphatic rings. The Balaban J connectivity index is 1.97. The van der Waals surface area contributed by atoms with Gasteiger partial charge in [-0.1, -0.05) is 59.6 Å². The molecule has 1 unspecified atom stereocenters. The number of nitrogens with zero attached hydrogens (tertiary/aromatic N) is 2. The average molecular weight is 416 g/mol. The van der Waals surface area contributed by atoms with Gasteiger partial charge in [0.05, 0.1) is 16.4 Å². The topological polar surface area (TPSA) is 87.1 Å². The molecule has 1 atom stereocenters. The number of hydrogen-bond donors (Lipinski definition) is 2. The molecule has 6 nitrogen and oxygen atoms in total. The van der Waals surface area contributed by atoms with Crippen LogP contribution in [0.15, 0.2) is 66.7 Å². The van der Waals surface area contributed by atoms with E-state index in [0.29, 0.717) is 16.1 Å². The summed E-state index contributed by atoms with van der Waals surface area (Å²) in [4.78, 5) is 14.4. The van der Waals surface area contributed by atoms with Gasteiger partial charge >= 0.3 is 0 Å². The zero-order valence-electron chi connectivity index (χ0n) is 14.2. The van der Waals surface area contributed by atoms with Crippen molar-refractivity contribution in [1.82, 2.24) is 0 Å². The normalized spacial score (nSPS) is 18.3. The molecule has 0 aliphatic carbocycles. The fourth-order valence-electron chi connectivity index (χ4n) is 3.42. The minimum Gasteiger partial charge on any atom is -0.733 e. The van der Waals surface area contributed by atoms with E-state index in [4.69, 9.17) is 28.4 Å². The van der Waals surface area contributed by atoms with Crippen LogP contribution in [0.1, 0.15) is 21.5 Å². The summed E-state index contributed by atoms with van der Waals surface area (Å²) in [5.41, 5.74) is -0.704. The smallest absolute Gasteiger partial charge is 0.261 e. The number of fused-ring (bicyclic) bond motifs is 1. The van der Waals surface area contributed by atoms with Gasteiger partial charge in [0.25, 0.3) is 5.91 Å². The Labute approximate surface area is 170 Å². The highest BCUT2D eigenvalue weighted by atomic mass is 35.5. The first-order valence-corrected chi connectivity index (χ1v) is 8.98. The molecule has 0 bridgehead atoms. The lowest BCUT2D eigenvalue weighted by atomic mass is 9.93. The quantitative estimate of drug-likeness (QED) is 0.613. The van der Waals surface area contributed by atoms with E-state index in [9.17, 15) is 15.1 Å². The van der Waals surface area contributed by atoms with Gasteiger partial charge in [-0.25, -0.2) is 0 Å². The fraction of sp³-hybridized carbons (Fsp3) is 0.0500. The zero-order chi connectivity index (χ0) is 20.1. The summed E-state index contributed by atoms with van der Waals surface area (Å²) in [6.07, 6.45) is 0. The van der Waals surface area contributed by atoms with Gasteiger partial charge in [-0.15, -0.1) is 0 Å². The molecule has 142 valence electrons. The monoisotopic (exact) mass is 415 g/mol. The van der Waals surface area contributed by atoms with Gasteiger partial charge in [0.15, 0.2) is 5.72 Å². The van der Waals surface area contributed by atoms with E-state index in [1.807, 2.05) is 0 Å². The van der Waals surface area contributed by atoms with E-state index in [2.05, 4.69) is 0 Å². The Bertz CT molecular complexity index is 1080. The molecule has 3 aromatic carbocycles. The maximum absolute atomic E-state index is 13.2. The molecule has 3 aromatic rings. The summed E-state index contributed by atoms with van der Waals surface area (Å²) in [5.74, 6) is -0.499. The number of carbonyl (C=O) groups is 1. The van der Waals surface area contributed by atoms with Gasteiger partial charge in [-0.05, 0) is 30.3 Å². The van der Waals surface area contributed by atoms with E-state index in [1.54, 1.807) is 42.5 Å². The largest absolute Gasteiger partial charge is 0.733 e. The summed E-state index contributed by atoms with van der Waals surface area (Å²) in [7, 11) is 0. The van der Waals surface area contributed by atoms with Crippen molar-refractivity contribution in [2.45, 2.75) is 5.72 Å². The highest BCUT2D eigenvalue weighted by molar-refractivity contribution is 6.35. The van der Waals surface area contributed by atoms with E-state index in [-0.39, 0.29) is 27.2 Å². The predicted octanol–water partition coefficient (Wildman–Crippen LogP) is 4.54. The maximum atomic E-state index is 13.2. The Morgan fingerprint density at radius 3 is 2.36 bits per heavy atom. The highest BCUT2D eigenvalue weighted by Crippen LogP contribution is 2.47. The molecular formula is C20H13Cl2N2O4-. The molecule has 2 N–H and O–H groups in total. The first-order valence-electron chi connectivity index (χ1n) is 8.22. The molecule has 8 heteroatoms. The molecule has 0 aromatic heterocycles. The lowest BCUT2D eigenvalue weighted by molar-refractivity contribution is 0.0703. The maximum Gasteiger partial charge on any atom is 0.261 e. The summed E-state index contributed by atoms with van der Waals surface area (Å²) >= 11 is 12.4. The lowest BCUT2D eigenvalue weighted by Crippen LogP contribution is -2.45. The number of amides is 1. The Morgan fingerprint density at radius 2 is 1.71 bits per heavy atom. The third-order valence-electron chi connectivity index (χ3n) is 4.68. The molecule has 1 aliphatic heterocycles. The molecule has 1 heterocycles.